The molecule has 0 spiro atoms. The fourth-order valence-corrected chi connectivity index (χ4v) is 4.03. The van der Waals surface area contributed by atoms with Crippen LogP contribution in [-0.2, 0) is 0 Å². The van der Waals surface area contributed by atoms with Gasteiger partial charge in [0.25, 0.3) is 0 Å². The summed E-state index contributed by atoms with van der Waals surface area (Å²) in [5.41, 5.74) is 1.28. The van der Waals surface area contributed by atoms with Crippen LogP contribution >= 0.6 is 38.9 Å². The Balaban J connectivity index is 2.16. The number of thiazole rings is 1. The van der Waals surface area contributed by atoms with Gasteiger partial charge in [0.2, 0.25) is 10.6 Å². The van der Waals surface area contributed by atoms with Crippen LogP contribution in [0.5, 0.6) is 5.75 Å². The van der Waals surface area contributed by atoms with E-state index in [1.807, 2.05) is 29.6 Å². The van der Waals surface area contributed by atoms with E-state index < -0.39 is 16.4 Å². The van der Waals surface area contributed by atoms with Gasteiger partial charge in [-0.25, -0.2) is 4.68 Å². The van der Waals surface area contributed by atoms with E-state index in [4.69, 9.17) is 11.6 Å². The molecule has 148 valence electrons. The molecule has 7 nitrogen and oxygen atoms in total. The van der Waals surface area contributed by atoms with Gasteiger partial charge < -0.3 is 5.11 Å². The molecule has 1 heterocycles. The average molecular weight is 494 g/mol. The lowest BCUT2D eigenvalue weighted by Crippen LogP contribution is -2.12. The summed E-state index contributed by atoms with van der Waals surface area (Å²) >= 11 is 10.9. The Labute approximate surface area is 183 Å². The largest absolute Gasteiger partial charge is 0.502 e. The summed E-state index contributed by atoms with van der Waals surface area (Å²) in [6, 6.07) is 10.1. The highest BCUT2D eigenvalue weighted by Gasteiger charge is 2.18. The van der Waals surface area contributed by atoms with Gasteiger partial charge in [-0.1, -0.05) is 51.8 Å². The van der Waals surface area contributed by atoms with Crippen LogP contribution in [0.4, 0.5) is 5.69 Å². The van der Waals surface area contributed by atoms with Crippen LogP contribution in [-0.4, -0.2) is 27.5 Å². The van der Waals surface area contributed by atoms with Crippen molar-refractivity contribution in [2.75, 3.05) is 6.54 Å². The van der Waals surface area contributed by atoms with Gasteiger partial charge in [0.05, 0.1) is 23.4 Å². The first-order valence-corrected chi connectivity index (χ1v) is 10.3. The molecule has 2 aromatic carbocycles. The molecule has 0 aliphatic heterocycles. The van der Waals surface area contributed by atoms with E-state index in [9.17, 15) is 15.2 Å². The number of halogens is 2. The highest BCUT2D eigenvalue weighted by atomic mass is 79.9. The van der Waals surface area contributed by atoms with Crippen LogP contribution in [0.2, 0.25) is 5.02 Å². The lowest BCUT2D eigenvalue weighted by Gasteiger charge is -2.06. The van der Waals surface area contributed by atoms with Crippen LogP contribution in [0.15, 0.2) is 69.0 Å². The summed E-state index contributed by atoms with van der Waals surface area (Å²) in [7, 11) is 0. The third kappa shape index (κ3) is 4.64. The van der Waals surface area contributed by atoms with Gasteiger partial charge in [-0.2, -0.15) is 5.10 Å². The number of phenols is 1. The van der Waals surface area contributed by atoms with Crippen LogP contribution in [0, 0.1) is 10.1 Å². The highest BCUT2D eigenvalue weighted by molar-refractivity contribution is 9.10. The molecule has 0 atom stereocenters. The highest BCUT2D eigenvalue weighted by Crippen LogP contribution is 2.32. The number of hydrogen-bond acceptors (Lipinski definition) is 6. The Morgan fingerprint density at radius 2 is 2.14 bits per heavy atom. The van der Waals surface area contributed by atoms with Crippen molar-refractivity contribution in [3.8, 4) is 17.0 Å². The molecule has 1 aromatic heterocycles. The summed E-state index contributed by atoms with van der Waals surface area (Å²) in [6.45, 7) is 4.07. The summed E-state index contributed by atoms with van der Waals surface area (Å²) in [5.74, 6) is -0.508. The quantitative estimate of drug-likeness (QED) is 0.221. The Morgan fingerprint density at radius 1 is 1.38 bits per heavy atom. The number of hydrogen-bond donors (Lipinski definition) is 1. The lowest BCUT2D eigenvalue weighted by molar-refractivity contribution is -0.385. The number of nitrogens with zero attached hydrogens (tertiary/aromatic N) is 4. The van der Waals surface area contributed by atoms with Crippen LogP contribution in [0.1, 0.15) is 5.56 Å². The van der Waals surface area contributed by atoms with E-state index in [0.717, 1.165) is 21.8 Å². The fourth-order valence-electron chi connectivity index (χ4n) is 2.48. The first kappa shape index (κ1) is 21.0. The monoisotopic (exact) mass is 492 g/mol. The summed E-state index contributed by atoms with van der Waals surface area (Å²) in [6.07, 6.45) is 2.98. The molecule has 1 N–H and O–H groups in total. The molecule has 29 heavy (non-hydrogen) atoms. The van der Waals surface area contributed by atoms with Crippen molar-refractivity contribution < 1.29 is 10.0 Å². The number of rotatable bonds is 6. The van der Waals surface area contributed by atoms with Crippen molar-refractivity contribution in [2.45, 2.75) is 0 Å². The van der Waals surface area contributed by atoms with Gasteiger partial charge in [-0.05, 0) is 12.1 Å². The van der Waals surface area contributed by atoms with Crippen LogP contribution in [0.3, 0.4) is 0 Å². The number of aromatic hydroxyl groups is 1. The summed E-state index contributed by atoms with van der Waals surface area (Å²) in [4.78, 5) is 15.5. The maximum atomic E-state index is 11.1. The Bertz CT molecular complexity index is 1190. The zero-order valence-corrected chi connectivity index (χ0v) is 18.0. The van der Waals surface area contributed by atoms with Gasteiger partial charge >= 0.3 is 5.69 Å². The normalized spacial score (nSPS) is 11.9. The van der Waals surface area contributed by atoms with E-state index in [1.165, 1.54) is 23.6 Å². The minimum atomic E-state index is -0.701. The minimum absolute atomic E-state index is 0.119. The Morgan fingerprint density at radius 3 is 2.83 bits per heavy atom. The van der Waals surface area contributed by atoms with Gasteiger partial charge in [0.15, 0.2) is 0 Å². The predicted molar refractivity (Wildman–Crippen MR) is 119 cm³/mol. The molecule has 0 aliphatic rings. The van der Waals surface area contributed by atoms with Gasteiger partial charge in [0, 0.05) is 32.1 Å². The number of aromatic nitrogens is 1. The molecule has 0 unspecified atom stereocenters. The standard InChI is InChI=1S/C19H14BrClN4O3S/c1-2-7-22-19-24(17(11-29-19)14-5-3-4-6-15(14)20)23-10-12-8-13(21)9-16(18(12)26)25(27)28/h2-6,8-11,26H,1,7H2. The van der Waals surface area contributed by atoms with Crippen molar-refractivity contribution in [1.82, 2.24) is 4.68 Å². The predicted octanol–water partition coefficient (Wildman–Crippen LogP) is 5.22. The second kappa shape index (κ2) is 9.17. The zero-order valence-electron chi connectivity index (χ0n) is 14.8. The van der Waals surface area contributed by atoms with Crippen LogP contribution < -0.4 is 4.80 Å². The SMILES string of the molecule is C=CCN=c1scc(-c2ccccc2Br)n1N=Cc1cc(Cl)cc([N+](=O)[O-])c1O. The van der Waals surface area contributed by atoms with Crippen molar-refractivity contribution in [3.05, 3.63) is 84.4 Å². The van der Waals surface area contributed by atoms with E-state index in [-0.39, 0.29) is 10.6 Å². The van der Waals surface area contributed by atoms with E-state index in [2.05, 4.69) is 32.6 Å². The first-order valence-electron chi connectivity index (χ1n) is 8.20. The smallest absolute Gasteiger partial charge is 0.312 e. The molecule has 0 saturated heterocycles. The molecule has 0 bridgehead atoms. The number of benzene rings is 2. The van der Waals surface area contributed by atoms with Crippen molar-refractivity contribution >= 4 is 50.8 Å². The number of phenolic OH excluding ortho intramolecular Hbond substituents is 1. The van der Waals surface area contributed by atoms with Crippen molar-refractivity contribution in [3.63, 3.8) is 0 Å². The molecule has 3 aromatic rings. The van der Waals surface area contributed by atoms with Gasteiger partial charge in [0.1, 0.15) is 0 Å². The maximum absolute atomic E-state index is 11.1. The molecule has 0 aliphatic carbocycles. The van der Waals surface area contributed by atoms with Crippen LogP contribution in [0.25, 0.3) is 11.3 Å². The average Bonchev–Trinajstić information content (AvgIpc) is 3.09. The summed E-state index contributed by atoms with van der Waals surface area (Å²) < 4.78 is 2.47. The molecule has 0 radical (unpaired) electrons. The second-order valence-electron chi connectivity index (χ2n) is 5.69. The second-order valence-corrected chi connectivity index (χ2v) is 7.82. The van der Waals surface area contributed by atoms with Gasteiger partial charge in [-0.3, -0.25) is 15.1 Å². The Kier molecular flexibility index (Phi) is 6.63. The molecule has 0 saturated carbocycles. The lowest BCUT2D eigenvalue weighted by atomic mass is 10.2. The fraction of sp³-hybridized carbons (Fsp3) is 0.0526. The number of nitro groups is 1. The van der Waals surface area contributed by atoms with E-state index in [1.54, 1.807) is 10.8 Å². The van der Waals surface area contributed by atoms with Gasteiger partial charge in [-0.15, -0.1) is 17.9 Å². The summed E-state index contributed by atoms with van der Waals surface area (Å²) in [5, 5.41) is 27.8. The van der Waals surface area contributed by atoms with E-state index >= 15 is 0 Å². The molecule has 3 rings (SSSR count). The first-order chi connectivity index (χ1) is 13.9. The van der Waals surface area contributed by atoms with E-state index in [0.29, 0.717) is 11.3 Å². The maximum Gasteiger partial charge on any atom is 0.312 e. The molecule has 0 amide bonds. The van der Waals surface area contributed by atoms with Crippen molar-refractivity contribution in [1.29, 1.82) is 0 Å². The third-order valence-corrected chi connectivity index (χ3v) is 5.55. The number of nitro benzene ring substituents is 1. The molecule has 0 fully saturated rings. The van der Waals surface area contributed by atoms with Crippen molar-refractivity contribution in [2.24, 2.45) is 10.1 Å². The minimum Gasteiger partial charge on any atom is -0.502 e. The Hall–Kier alpha value is -2.75. The molecule has 10 heteroatoms. The molecular weight excluding hydrogens is 480 g/mol. The molecular formula is C19H14BrClN4O3S. The third-order valence-electron chi connectivity index (χ3n) is 3.78. The zero-order chi connectivity index (χ0) is 21.0. The topological polar surface area (TPSA) is 93.0 Å².